The summed E-state index contributed by atoms with van der Waals surface area (Å²) in [6.07, 6.45) is -8.33. The summed E-state index contributed by atoms with van der Waals surface area (Å²) < 4.78 is 89.7. The lowest BCUT2D eigenvalue weighted by Gasteiger charge is -2.17. The number of urea groups is 1. The van der Waals surface area contributed by atoms with Gasteiger partial charge in [0.15, 0.2) is 17.3 Å². The fraction of sp³-hybridized carbons (Fsp3) is 0.333. The Kier molecular flexibility index (Phi) is 7.56. The second kappa shape index (κ2) is 10.1. The molecule has 12 heteroatoms. The molecule has 2 amide bonds. The smallest absolute Gasteiger partial charge is 0.416 e. The lowest BCUT2D eigenvalue weighted by molar-refractivity contribution is -0.143. The number of carbonyl (C=O) groups is 1. The summed E-state index contributed by atoms with van der Waals surface area (Å²) in [5.41, 5.74) is -2.41. The SMILES string of the molecule is CCN1C(=N)C(=Cc2ccc(OCc3ccc(C(F)(F)F)cc3C(F)(F)F)c(OC)c2)N(CC)C1=O. The number of likely N-dealkylation sites (N-methyl/N-ethyl adjacent to an activating group) is 2. The van der Waals surface area contributed by atoms with Gasteiger partial charge in [0, 0.05) is 18.7 Å². The average molecular weight is 515 g/mol. The van der Waals surface area contributed by atoms with Gasteiger partial charge >= 0.3 is 18.4 Å². The summed E-state index contributed by atoms with van der Waals surface area (Å²) in [6, 6.07) is 5.54. The second-order valence-electron chi connectivity index (χ2n) is 7.72. The van der Waals surface area contributed by atoms with Gasteiger partial charge in [-0.3, -0.25) is 15.2 Å². The minimum atomic E-state index is -5.01. The topological polar surface area (TPSA) is 65.9 Å². The maximum Gasteiger partial charge on any atom is 0.416 e. The molecule has 0 saturated carbocycles. The summed E-state index contributed by atoms with van der Waals surface area (Å²) in [6.45, 7) is 3.53. The lowest BCUT2D eigenvalue weighted by atomic mass is 10.0. The van der Waals surface area contributed by atoms with Crippen LogP contribution in [0.4, 0.5) is 31.1 Å². The highest BCUT2D eigenvalue weighted by Gasteiger charge is 2.38. The number of amides is 2. The molecule has 36 heavy (non-hydrogen) atoms. The van der Waals surface area contributed by atoms with Crippen molar-refractivity contribution in [2.45, 2.75) is 32.8 Å². The molecule has 0 bridgehead atoms. The monoisotopic (exact) mass is 515 g/mol. The van der Waals surface area contributed by atoms with Crippen molar-refractivity contribution in [1.29, 1.82) is 5.41 Å². The molecule has 6 nitrogen and oxygen atoms in total. The molecule has 0 aromatic heterocycles. The molecule has 1 aliphatic heterocycles. The Morgan fingerprint density at radius 1 is 0.917 bits per heavy atom. The quantitative estimate of drug-likeness (QED) is 0.434. The number of halogens is 6. The van der Waals surface area contributed by atoms with Gasteiger partial charge in [0.05, 0.1) is 23.9 Å². The number of alkyl halides is 6. The van der Waals surface area contributed by atoms with Crippen LogP contribution >= 0.6 is 0 Å². The van der Waals surface area contributed by atoms with Crippen molar-refractivity contribution in [1.82, 2.24) is 9.80 Å². The Balaban J connectivity index is 1.88. The number of hydrogen-bond donors (Lipinski definition) is 1. The van der Waals surface area contributed by atoms with Crippen molar-refractivity contribution >= 4 is 17.9 Å². The number of rotatable bonds is 7. The molecule has 0 radical (unpaired) electrons. The Hall–Kier alpha value is -3.70. The number of methoxy groups -OCH3 is 1. The molecule has 0 spiro atoms. The van der Waals surface area contributed by atoms with Crippen LogP contribution in [0.25, 0.3) is 6.08 Å². The maximum atomic E-state index is 13.4. The van der Waals surface area contributed by atoms with Crippen molar-refractivity contribution in [2.75, 3.05) is 20.2 Å². The predicted molar refractivity (Wildman–Crippen MR) is 120 cm³/mol. The number of nitrogens with zero attached hydrogens (tertiary/aromatic N) is 2. The molecule has 2 aromatic carbocycles. The highest BCUT2D eigenvalue weighted by Crippen LogP contribution is 2.38. The van der Waals surface area contributed by atoms with Gasteiger partial charge < -0.3 is 9.47 Å². The number of nitrogens with one attached hydrogen (secondary N) is 1. The summed E-state index contributed by atoms with van der Waals surface area (Å²) in [7, 11) is 1.32. The van der Waals surface area contributed by atoms with E-state index >= 15 is 0 Å². The van der Waals surface area contributed by atoms with Gasteiger partial charge in [0.2, 0.25) is 0 Å². The van der Waals surface area contributed by atoms with Crippen LogP contribution in [-0.4, -0.2) is 41.9 Å². The second-order valence-corrected chi connectivity index (χ2v) is 7.72. The van der Waals surface area contributed by atoms with Crippen LogP contribution in [0.2, 0.25) is 0 Å². The summed E-state index contributed by atoms with van der Waals surface area (Å²) in [4.78, 5) is 15.2. The fourth-order valence-corrected chi connectivity index (χ4v) is 3.70. The van der Waals surface area contributed by atoms with E-state index in [-0.39, 0.29) is 29.4 Å². The highest BCUT2D eigenvalue weighted by atomic mass is 19.4. The van der Waals surface area contributed by atoms with Crippen molar-refractivity contribution in [3.8, 4) is 11.5 Å². The zero-order valence-corrected chi connectivity index (χ0v) is 19.5. The van der Waals surface area contributed by atoms with E-state index in [0.717, 1.165) is 6.07 Å². The molecule has 2 aromatic rings. The first-order chi connectivity index (χ1) is 16.8. The van der Waals surface area contributed by atoms with E-state index in [1.807, 2.05) is 0 Å². The van der Waals surface area contributed by atoms with Crippen LogP contribution < -0.4 is 9.47 Å². The van der Waals surface area contributed by atoms with Crippen molar-refractivity contribution < 1.29 is 40.6 Å². The number of carbonyl (C=O) groups excluding carboxylic acids is 1. The number of ether oxygens (including phenoxy) is 2. The van der Waals surface area contributed by atoms with Gasteiger partial charge in [-0.25, -0.2) is 4.79 Å². The van der Waals surface area contributed by atoms with Gasteiger partial charge in [0.25, 0.3) is 0 Å². The largest absolute Gasteiger partial charge is 0.493 e. The molecule has 3 rings (SSSR count). The van der Waals surface area contributed by atoms with Gasteiger partial charge in [0.1, 0.15) is 6.61 Å². The Morgan fingerprint density at radius 3 is 2.14 bits per heavy atom. The molecule has 194 valence electrons. The molecule has 1 aliphatic rings. The number of hydrogen-bond acceptors (Lipinski definition) is 4. The Labute approximate surface area is 203 Å². The first-order valence-corrected chi connectivity index (χ1v) is 10.8. The third kappa shape index (κ3) is 5.42. The third-order valence-corrected chi connectivity index (χ3v) is 5.51. The minimum Gasteiger partial charge on any atom is -0.493 e. The van der Waals surface area contributed by atoms with Crippen LogP contribution in [0.3, 0.4) is 0 Å². The molecule has 0 unspecified atom stereocenters. The highest BCUT2D eigenvalue weighted by molar-refractivity contribution is 6.15. The Morgan fingerprint density at radius 2 is 1.58 bits per heavy atom. The molecule has 1 saturated heterocycles. The summed E-state index contributed by atoms with van der Waals surface area (Å²) >= 11 is 0. The van der Waals surface area contributed by atoms with E-state index in [4.69, 9.17) is 14.9 Å². The first kappa shape index (κ1) is 26.9. The molecule has 1 fully saturated rings. The van der Waals surface area contributed by atoms with Crippen LogP contribution in [-0.2, 0) is 19.0 Å². The molecular formula is C24H23F6N3O3. The van der Waals surface area contributed by atoms with Crippen LogP contribution in [0.5, 0.6) is 11.5 Å². The first-order valence-electron chi connectivity index (χ1n) is 10.8. The fourth-order valence-electron chi connectivity index (χ4n) is 3.70. The van der Waals surface area contributed by atoms with E-state index in [9.17, 15) is 31.1 Å². The average Bonchev–Trinajstić information content (AvgIpc) is 3.04. The summed E-state index contributed by atoms with van der Waals surface area (Å²) in [5.74, 6) is 0.245. The Bertz CT molecular complexity index is 1190. The molecule has 1 N–H and O–H groups in total. The van der Waals surface area contributed by atoms with E-state index in [2.05, 4.69) is 0 Å². The molecule has 0 atom stereocenters. The lowest BCUT2D eigenvalue weighted by Crippen LogP contribution is -2.32. The molecule has 0 aliphatic carbocycles. The van der Waals surface area contributed by atoms with E-state index in [1.54, 1.807) is 26.0 Å². The van der Waals surface area contributed by atoms with Crippen LogP contribution in [0.15, 0.2) is 42.1 Å². The van der Waals surface area contributed by atoms with E-state index in [1.165, 1.54) is 29.0 Å². The number of amidine groups is 1. The standard InChI is InChI=1S/C24H23F6N3O3/c1-4-32-18(21(31)33(5-2)22(32)34)10-14-6-9-19(20(11-14)35-3)36-13-15-7-8-16(23(25,26)27)12-17(15)24(28,29)30/h6-12,31H,4-5,13H2,1-3H3. The number of benzene rings is 2. The van der Waals surface area contributed by atoms with E-state index in [0.29, 0.717) is 30.4 Å². The normalized spacial score (nSPS) is 15.8. The summed E-state index contributed by atoms with van der Waals surface area (Å²) in [5, 5.41) is 8.28. The molecular weight excluding hydrogens is 492 g/mol. The van der Waals surface area contributed by atoms with Gasteiger partial charge in [-0.1, -0.05) is 12.1 Å². The van der Waals surface area contributed by atoms with Gasteiger partial charge in [-0.15, -0.1) is 0 Å². The van der Waals surface area contributed by atoms with Crippen molar-refractivity contribution in [3.63, 3.8) is 0 Å². The van der Waals surface area contributed by atoms with Gasteiger partial charge in [-0.2, -0.15) is 26.3 Å². The predicted octanol–water partition coefficient (Wildman–Crippen LogP) is 6.41. The van der Waals surface area contributed by atoms with Crippen LogP contribution in [0.1, 0.15) is 36.1 Å². The maximum absolute atomic E-state index is 13.4. The van der Waals surface area contributed by atoms with Crippen LogP contribution in [0, 0.1) is 5.41 Å². The van der Waals surface area contributed by atoms with E-state index < -0.39 is 35.6 Å². The minimum absolute atomic E-state index is 0.0330. The zero-order chi connectivity index (χ0) is 26.8. The van der Waals surface area contributed by atoms with Crippen molar-refractivity contribution in [2.24, 2.45) is 0 Å². The van der Waals surface area contributed by atoms with Crippen molar-refractivity contribution in [3.05, 3.63) is 64.3 Å². The molecule has 1 heterocycles. The zero-order valence-electron chi connectivity index (χ0n) is 19.5. The van der Waals surface area contributed by atoms with Gasteiger partial charge in [-0.05, 0) is 49.8 Å². The third-order valence-electron chi connectivity index (χ3n) is 5.51.